The highest BCUT2D eigenvalue weighted by Gasteiger charge is 2.10. The van der Waals surface area contributed by atoms with Gasteiger partial charge in [0.1, 0.15) is 11.4 Å². The Balaban J connectivity index is 2.16. The van der Waals surface area contributed by atoms with E-state index in [1.807, 2.05) is 13.8 Å². The maximum absolute atomic E-state index is 11.9. The van der Waals surface area contributed by atoms with Crippen molar-refractivity contribution in [2.24, 2.45) is 0 Å². The quantitative estimate of drug-likeness (QED) is 0.885. The average molecular weight is 321 g/mol. The van der Waals surface area contributed by atoms with Crippen LogP contribution in [0.2, 0.25) is 5.02 Å². The Morgan fingerprint density at radius 1 is 1.32 bits per heavy atom. The zero-order chi connectivity index (χ0) is 16.1. The van der Waals surface area contributed by atoms with Crippen molar-refractivity contribution in [2.45, 2.75) is 19.9 Å². The van der Waals surface area contributed by atoms with Crippen LogP contribution in [0.1, 0.15) is 24.3 Å². The van der Waals surface area contributed by atoms with Crippen LogP contribution in [0.4, 0.5) is 11.6 Å². The Bertz CT molecular complexity index is 676. The number of anilines is 2. The van der Waals surface area contributed by atoms with Crippen molar-refractivity contribution in [1.29, 1.82) is 0 Å². The van der Waals surface area contributed by atoms with Crippen molar-refractivity contribution < 1.29 is 9.53 Å². The molecule has 0 aliphatic rings. The number of carbonyl (C=O) groups is 1. The monoisotopic (exact) mass is 320 g/mol. The summed E-state index contributed by atoms with van der Waals surface area (Å²) in [7, 11) is 1.55. The van der Waals surface area contributed by atoms with Gasteiger partial charge in [0.25, 0.3) is 5.91 Å². The van der Waals surface area contributed by atoms with E-state index in [4.69, 9.17) is 16.3 Å². The topological polar surface area (TPSA) is 76.1 Å². The predicted octanol–water partition coefficient (Wildman–Crippen LogP) is 3.02. The number of carbonyl (C=O) groups excluding carboxylic acids is 1. The number of benzene rings is 1. The van der Waals surface area contributed by atoms with Gasteiger partial charge in [0, 0.05) is 17.9 Å². The van der Waals surface area contributed by atoms with Crippen LogP contribution in [0.3, 0.4) is 0 Å². The van der Waals surface area contributed by atoms with Gasteiger partial charge in [0.05, 0.1) is 12.1 Å². The van der Waals surface area contributed by atoms with Gasteiger partial charge in [-0.3, -0.25) is 4.79 Å². The molecule has 0 bridgehead atoms. The van der Waals surface area contributed by atoms with Crippen molar-refractivity contribution in [1.82, 2.24) is 15.3 Å². The van der Waals surface area contributed by atoms with Crippen molar-refractivity contribution in [3.05, 3.63) is 41.2 Å². The number of aromatic nitrogens is 2. The Kier molecular flexibility index (Phi) is 5.16. The number of nitrogens with zero attached hydrogens (tertiary/aromatic N) is 2. The predicted molar refractivity (Wildman–Crippen MR) is 85.9 cm³/mol. The maximum Gasteiger partial charge on any atom is 0.270 e. The summed E-state index contributed by atoms with van der Waals surface area (Å²) in [6.45, 7) is 3.77. The van der Waals surface area contributed by atoms with Crippen LogP contribution in [-0.2, 0) is 0 Å². The van der Waals surface area contributed by atoms with Crippen molar-refractivity contribution in [3.63, 3.8) is 0 Å². The molecule has 6 nitrogen and oxygen atoms in total. The number of nitrogens with one attached hydrogen (secondary N) is 2. The first-order valence-corrected chi connectivity index (χ1v) is 7.12. The Hall–Kier alpha value is -2.34. The lowest BCUT2D eigenvalue weighted by atomic mass is 10.3. The summed E-state index contributed by atoms with van der Waals surface area (Å²) in [4.78, 5) is 20.2. The fraction of sp³-hybridized carbons (Fsp3) is 0.267. The van der Waals surface area contributed by atoms with Crippen LogP contribution in [0, 0.1) is 0 Å². The summed E-state index contributed by atoms with van der Waals surface area (Å²) < 4.78 is 5.09. The van der Waals surface area contributed by atoms with Gasteiger partial charge < -0.3 is 15.4 Å². The zero-order valence-electron chi connectivity index (χ0n) is 12.6. The molecule has 0 atom stereocenters. The van der Waals surface area contributed by atoms with Crippen LogP contribution in [-0.4, -0.2) is 29.0 Å². The van der Waals surface area contributed by atoms with E-state index in [2.05, 4.69) is 20.6 Å². The number of halogens is 1. The molecule has 0 aliphatic heterocycles. The summed E-state index contributed by atoms with van der Waals surface area (Å²) in [5.41, 5.74) is 0.998. The van der Waals surface area contributed by atoms with E-state index >= 15 is 0 Å². The van der Waals surface area contributed by atoms with Crippen LogP contribution in [0.15, 0.2) is 30.5 Å². The van der Waals surface area contributed by atoms with Crippen molar-refractivity contribution in [2.75, 3.05) is 12.4 Å². The molecule has 116 valence electrons. The van der Waals surface area contributed by atoms with Gasteiger partial charge in [0.15, 0.2) is 0 Å². The van der Waals surface area contributed by atoms with Gasteiger partial charge in [-0.2, -0.15) is 0 Å². The first-order chi connectivity index (χ1) is 10.5. The average Bonchev–Trinajstić information content (AvgIpc) is 2.47. The van der Waals surface area contributed by atoms with E-state index in [1.165, 1.54) is 6.20 Å². The molecular weight excluding hydrogens is 304 g/mol. The molecule has 2 rings (SSSR count). The molecule has 0 radical (unpaired) electrons. The zero-order valence-corrected chi connectivity index (χ0v) is 13.3. The smallest absolute Gasteiger partial charge is 0.270 e. The number of hydrogen-bond acceptors (Lipinski definition) is 5. The van der Waals surface area contributed by atoms with E-state index in [0.717, 1.165) is 0 Å². The van der Waals surface area contributed by atoms with Crippen LogP contribution in [0.25, 0.3) is 0 Å². The summed E-state index contributed by atoms with van der Waals surface area (Å²) >= 11 is 6.06. The Morgan fingerprint density at radius 3 is 2.73 bits per heavy atom. The van der Waals surface area contributed by atoms with Gasteiger partial charge in [-0.05, 0) is 38.1 Å². The number of methoxy groups -OCH3 is 1. The number of amides is 1. The van der Waals surface area contributed by atoms with E-state index in [9.17, 15) is 4.79 Å². The highest BCUT2D eigenvalue weighted by molar-refractivity contribution is 6.32. The van der Waals surface area contributed by atoms with Crippen LogP contribution < -0.4 is 15.4 Å². The van der Waals surface area contributed by atoms with Crippen molar-refractivity contribution >= 4 is 29.1 Å². The molecule has 0 fully saturated rings. The summed E-state index contributed by atoms with van der Waals surface area (Å²) in [5.74, 6) is 0.657. The lowest BCUT2D eigenvalue weighted by Gasteiger charge is -2.10. The summed E-state index contributed by atoms with van der Waals surface area (Å²) in [5, 5.41) is 6.26. The highest BCUT2D eigenvalue weighted by atomic mass is 35.5. The van der Waals surface area contributed by atoms with Gasteiger partial charge in [-0.1, -0.05) is 11.6 Å². The number of ether oxygens (including phenoxy) is 1. The third kappa shape index (κ3) is 4.08. The van der Waals surface area contributed by atoms with Crippen molar-refractivity contribution in [3.8, 4) is 5.75 Å². The molecule has 0 aliphatic carbocycles. The molecule has 1 heterocycles. The van der Waals surface area contributed by atoms with Gasteiger partial charge in [-0.25, -0.2) is 9.97 Å². The third-order valence-corrected chi connectivity index (χ3v) is 3.01. The molecule has 1 amide bonds. The fourth-order valence-corrected chi connectivity index (χ4v) is 2.01. The van der Waals surface area contributed by atoms with Gasteiger partial charge in [0.2, 0.25) is 5.95 Å². The first kappa shape index (κ1) is 16.0. The summed E-state index contributed by atoms with van der Waals surface area (Å²) in [6, 6.07) is 6.82. The summed E-state index contributed by atoms with van der Waals surface area (Å²) in [6.07, 6.45) is 1.52. The van der Waals surface area contributed by atoms with E-state index in [-0.39, 0.29) is 11.9 Å². The SMILES string of the molecule is COc1ccc(Nc2nccc(C(=O)NC(C)C)n2)cc1Cl. The molecule has 22 heavy (non-hydrogen) atoms. The second kappa shape index (κ2) is 7.09. The molecule has 2 aromatic rings. The molecule has 7 heteroatoms. The fourth-order valence-electron chi connectivity index (χ4n) is 1.75. The third-order valence-electron chi connectivity index (χ3n) is 2.72. The Morgan fingerprint density at radius 2 is 2.09 bits per heavy atom. The maximum atomic E-state index is 11.9. The molecule has 2 N–H and O–H groups in total. The number of hydrogen-bond donors (Lipinski definition) is 2. The Labute approximate surface area is 133 Å². The highest BCUT2D eigenvalue weighted by Crippen LogP contribution is 2.28. The minimum absolute atomic E-state index is 0.0410. The standard InChI is InChI=1S/C15H17ClN4O2/c1-9(2)18-14(21)12-6-7-17-15(20-12)19-10-4-5-13(22-3)11(16)8-10/h4-9H,1-3H3,(H,18,21)(H,17,19,20). The molecule has 0 spiro atoms. The van der Waals surface area contributed by atoms with Crippen LogP contribution in [0.5, 0.6) is 5.75 Å². The first-order valence-electron chi connectivity index (χ1n) is 6.74. The molecule has 0 unspecified atom stereocenters. The minimum Gasteiger partial charge on any atom is -0.495 e. The van der Waals surface area contributed by atoms with E-state index < -0.39 is 0 Å². The molecule has 1 aromatic carbocycles. The van der Waals surface area contributed by atoms with E-state index in [0.29, 0.717) is 28.1 Å². The lowest BCUT2D eigenvalue weighted by molar-refractivity contribution is 0.0938. The van der Waals surface area contributed by atoms with Crippen LogP contribution >= 0.6 is 11.6 Å². The minimum atomic E-state index is -0.242. The molecule has 0 saturated carbocycles. The van der Waals surface area contributed by atoms with E-state index in [1.54, 1.807) is 31.4 Å². The van der Waals surface area contributed by atoms with Gasteiger partial charge in [-0.15, -0.1) is 0 Å². The lowest BCUT2D eigenvalue weighted by Crippen LogP contribution is -2.30. The molecular formula is C15H17ClN4O2. The number of rotatable bonds is 5. The second-order valence-electron chi connectivity index (χ2n) is 4.87. The molecule has 0 saturated heterocycles. The molecule has 1 aromatic heterocycles. The second-order valence-corrected chi connectivity index (χ2v) is 5.28. The largest absolute Gasteiger partial charge is 0.495 e. The normalized spacial score (nSPS) is 10.4. The van der Waals surface area contributed by atoms with Gasteiger partial charge >= 0.3 is 0 Å².